The maximum absolute atomic E-state index is 11.6. The highest BCUT2D eigenvalue weighted by Crippen LogP contribution is 2.08. The van der Waals surface area contributed by atoms with Crippen molar-refractivity contribution in [1.82, 2.24) is 4.98 Å². The minimum Gasteiger partial charge on any atom is -0.449 e. The van der Waals surface area contributed by atoms with E-state index in [1.165, 1.54) is 6.26 Å². The molecule has 0 N–H and O–H groups in total. The molecule has 3 heteroatoms. The maximum atomic E-state index is 11.6. The lowest BCUT2D eigenvalue weighted by Gasteiger charge is -1.97. The lowest BCUT2D eigenvalue weighted by Crippen LogP contribution is -1.99. The number of oxazole rings is 1. The average molecular weight is 200 g/mol. The number of ketones is 1. The van der Waals surface area contributed by atoms with Gasteiger partial charge in [0.15, 0.2) is 11.7 Å². The summed E-state index contributed by atoms with van der Waals surface area (Å²) in [5, 5.41) is 0. The zero-order valence-electron chi connectivity index (χ0n) is 8.09. The van der Waals surface area contributed by atoms with Gasteiger partial charge < -0.3 is 4.42 Å². The van der Waals surface area contributed by atoms with E-state index in [0.717, 1.165) is 0 Å². The summed E-state index contributed by atoms with van der Waals surface area (Å²) in [5.41, 5.74) is 0.709. The summed E-state index contributed by atoms with van der Waals surface area (Å²) in [7, 11) is 0. The van der Waals surface area contributed by atoms with Crippen molar-refractivity contribution >= 4 is 5.78 Å². The van der Waals surface area contributed by atoms with Gasteiger partial charge in [-0.25, -0.2) is 4.98 Å². The van der Waals surface area contributed by atoms with Crippen LogP contribution in [-0.4, -0.2) is 10.8 Å². The van der Waals surface area contributed by atoms with Gasteiger partial charge in [0.1, 0.15) is 6.26 Å². The summed E-state index contributed by atoms with van der Waals surface area (Å²) >= 11 is 0. The topological polar surface area (TPSA) is 43.1 Å². The Balaban J connectivity index is 1.94. The molecule has 3 nitrogen and oxygen atoms in total. The van der Waals surface area contributed by atoms with Crippen molar-refractivity contribution in [3.05, 3.63) is 60.7 Å². The van der Waals surface area contributed by atoms with Crippen molar-refractivity contribution in [2.75, 3.05) is 0 Å². The van der Waals surface area contributed by atoms with Crippen molar-refractivity contribution < 1.29 is 9.21 Å². The van der Waals surface area contributed by atoms with Crippen molar-refractivity contribution in [3.8, 4) is 0 Å². The number of carbonyl (C=O) groups excluding carboxylic acids is 1. The maximum Gasteiger partial charge on any atom is 0.198 e. The molecule has 0 saturated heterocycles. The van der Waals surface area contributed by atoms with Crippen LogP contribution in [0.2, 0.25) is 0 Å². The number of Topliss-reactive ketones (excluding diaryl/α,β-unsaturated/α-hetero) is 1. The van der Waals surface area contributed by atoms with E-state index >= 15 is 0 Å². The SMILES string of the molecule is O=C(C[CH]c1ncco1)c1ccccc1. The molecule has 2 rings (SSSR count). The summed E-state index contributed by atoms with van der Waals surface area (Å²) in [6.45, 7) is 0. The van der Waals surface area contributed by atoms with Crippen LogP contribution in [0.25, 0.3) is 0 Å². The minimum atomic E-state index is 0.0637. The first-order chi connectivity index (χ1) is 7.36. The minimum absolute atomic E-state index is 0.0637. The molecule has 0 aliphatic carbocycles. The Hall–Kier alpha value is -1.90. The van der Waals surface area contributed by atoms with E-state index in [1.807, 2.05) is 18.2 Å². The molecule has 0 saturated carbocycles. The Bertz CT molecular complexity index is 420. The molecule has 75 valence electrons. The lowest BCUT2D eigenvalue weighted by atomic mass is 10.1. The summed E-state index contributed by atoms with van der Waals surface area (Å²) in [4.78, 5) is 15.5. The number of hydrogen-bond acceptors (Lipinski definition) is 3. The number of rotatable bonds is 4. The van der Waals surface area contributed by atoms with E-state index in [-0.39, 0.29) is 5.78 Å². The van der Waals surface area contributed by atoms with Gasteiger partial charge in [0.2, 0.25) is 0 Å². The van der Waals surface area contributed by atoms with Gasteiger partial charge >= 0.3 is 0 Å². The van der Waals surface area contributed by atoms with Gasteiger partial charge in [-0.2, -0.15) is 0 Å². The molecule has 0 aliphatic rings. The first kappa shape index (κ1) is 9.65. The fourth-order valence-electron chi connectivity index (χ4n) is 1.26. The van der Waals surface area contributed by atoms with Gasteiger partial charge in [0, 0.05) is 12.0 Å². The standard InChI is InChI=1S/C12H10NO2/c14-11(10-4-2-1-3-5-10)6-7-12-13-8-9-15-12/h1-5,7-9H,6H2. The van der Waals surface area contributed by atoms with Crippen LogP contribution >= 0.6 is 0 Å². The van der Waals surface area contributed by atoms with E-state index in [9.17, 15) is 4.79 Å². The molecule has 0 aliphatic heterocycles. The lowest BCUT2D eigenvalue weighted by molar-refractivity contribution is 0.0991. The number of nitrogens with zero attached hydrogens (tertiary/aromatic N) is 1. The Kier molecular flexibility index (Phi) is 2.93. The molecule has 0 fully saturated rings. The smallest absolute Gasteiger partial charge is 0.198 e. The normalized spacial score (nSPS) is 10.1. The number of hydrogen-bond donors (Lipinski definition) is 0. The molecule has 1 heterocycles. The quantitative estimate of drug-likeness (QED) is 0.712. The zero-order chi connectivity index (χ0) is 10.5. The van der Waals surface area contributed by atoms with Crippen LogP contribution in [0.5, 0.6) is 0 Å². The van der Waals surface area contributed by atoms with E-state index in [4.69, 9.17) is 4.42 Å². The van der Waals surface area contributed by atoms with Gasteiger partial charge in [-0.1, -0.05) is 30.3 Å². The highest BCUT2D eigenvalue weighted by molar-refractivity contribution is 5.96. The fraction of sp³-hybridized carbons (Fsp3) is 0.0833. The molecular formula is C12H10NO2. The summed E-state index contributed by atoms with van der Waals surface area (Å²) in [6, 6.07) is 9.17. The number of aromatic nitrogens is 1. The molecule has 1 aromatic carbocycles. The average Bonchev–Trinajstić information content (AvgIpc) is 2.80. The second-order valence-electron chi connectivity index (χ2n) is 3.07. The van der Waals surface area contributed by atoms with Crippen molar-refractivity contribution in [2.45, 2.75) is 6.42 Å². The van der Waals surface area contributed by atoms with Crippen LogP contribution in [0.1, 0.15) is 22.7 Å². The van der Waals surface area contributed by atoms with Crippen molar-refractivity contribution in [3.63, 3.8) is 0 Å². The zero-order valence-corrected chi connectivity index (χ0v) is 8.09. The monoisotopic (exact) mass is 200 g/mol. The first-order valence-corrected chi connectivity index (χ1v) is 4.67. The van der Waals surface area contributed by atoms with Crippen LogP contribution in [0.4, 0.5) is 0 Å². The van der Waals surface area contributed by atoms with E-state index in [2.05, 4.69) is 4.98 Å². The van der Waals surface area contributed by atoms with Gasteiger partial charge in [-0.05, 0) is 0 Å². The predicted octanol–water partition coefficient (Wildman–Crippen LogP) is 2.50. The van der Waals surface area contributed by atoms with Gasteiger partial charge in [-0.3, -0.25) is 4.79 Å². The second-order valence-corrected chi connectivity index (χ2v) is 3.07. The molecule has 0 amide bonds. The predicted molar refractivity (Wildman–Crippen MR) is 55.3 cm³/mol. The number of carbonyl (C=O) groups is 1. The highest BCUT2D eigenvalue weighted by atomic mass is 16.3. The molecule has 0 atom stereocenters. The summed E-state index contributed by atoms with van der Waals surface area (Å²) < 4.78 is 5.00. The third kappa shape index (κ3) is 2.53. The molecule has 0 unspecified atom stereocenters. The molecule has 0 spiro atoms. The Morgan fingerprint density at radius 3 is 2.80 bits per heavy atom. The molecule has 0 bridgehead atoms. The molecule has 1 aromatic heterocycles. The molecule has 15 heavy (non-hydrogen) atoms. The van der Waals surface area contributed by atoms with Crippen LogP contribution in [0, 0.1) is 6.42 Å². The summed E-state index contributed by atoms with van der Waals surface area (Å²) in [6.07, 6.45) is 5.03. The Morgan fingerprint density at radius 1 is 1.33 bits per heavy atom. The van der Waals surface area contributed by atoms with Gasteiger partial charge in [0.25, 0.3) is 0 Å². The van der Waals surface area contributed by atoms with Crippen molar-refractivity contribution in [2.24, 2.45) is 0 Å². The fourth-order valence-corrected chi connectivity index (χ4v) is 1.26. The van der Waals surface area contributed by atoms with E-state index < -0.39 is 0 Å². The molecular weight excluding hydrogens is 190 g/mol. The van der Waals surface area contributed by atoms with Crippen molar-refractivity contribution in [1.29, 1.82) is 0 Å². The molecule has 2 aromatic rings. The van der Waals surface area contributed by atoms with Crippen LogP contribution in [0.15, 0.2) is 47.2 Å². The van der Waals surface area contributed by atoms with Crippen LogP contribution in [-0.2, 0) is 0 Å². The summed E-state index contributed by atoms with van der Waals surface area (Å²) in [5.74, 6) is 0.549. The van der Waals surface area contributed by atoms with Crippen LogP contribution < -0.4 is 0 Å². The van der Waals surface area contributed by atoms with Gasteiger partial charge in [-0.15, -0.1) is 0 Å². The highest BCUT2D eigenvalue weighted by Gasteiger charge is 2.07. The van der Waals surface area contributed by atoms with E-state index in [0.29, 0.717) is 17.9 Å². The van der Waals surface area contributed by atoms with Gasteiger partial charge in [0.05, 0.1) is 12.6 Å². The van der Waals surface area contributed by atoms with Crippen LogP contribution in [0.3, 0.4) is 0 Å². The largest absolute Gasteiger partial charge is 0.449 e. The third-order valence-corrected chi connectivity index (χ3v) is 2.01. The Labute approximate surface area is 87.8 Å². The Morgan fingerprint density at radius 2 is 2.13 bits per heavy atom. The first-order valence-electron chi connectivity index (χ1n) is 4.67. The molecule has 1 radical (unpaired) electrons. The second kappa shape index (κ2) is 4.55. The number of benzene rings is 1. The van der Waals surface area contributed by atoms with E-state index in [1.54, 1.807) is 24.8 Å². The third-order valence-electron chi connectivity index (χ3n) is 2.01.